The Morgan fingerprint density at radius 2 is 1.90 bits per heavy atom. The number of anilines is 1. The molecule has 13 nitrogen and oxygen atoms in total. The third kappa shape index (κ3) is 6.61. The van der Waals surface area contributed by atoms with Gasteiger partial charge >= 0.3 is 23.8 Å². The van der Waals surface area contributed by atoms with E-state index >= 15 is 0 Å². The van der Waals surface area contributed by atoms with E-state index in [4.69, 9.17) is 29.5 Å². The molecule has 0 saturated carbocycles. The highest BCUT2D eigenvalue weighted by molar-refractivity contribution is 5.82. The van der Waals surface area contributed by atoms with Crippen molar-refractivity contribution >= 4 is 28.9 Å². The van der Waals surface area contributed by atoms with Crippen LogP contribution in [0.1, 0.15) is 39.2 Å². The van der Waals surface area contributed by atoms with E-state index in [9.17, 15) is 18.8 Å². The third-order valence-electron chi connectivity index (χ3n) is 5.81. The average Bonchev–Trinajstić information content (AvgIpc) is 3.44. The molecule has 0 aliphatic rings. The van der Waals surface area contributed by atoms with Crippen LogP contribution in [0.3, 0.4) is 0 Å². The Labute approximate surface area is 223 Å². The molecule has 0 bridgehead atoms. The fourth-order valence-electron chi connectivity index (χ4n) is 3.43. The molecule has 0 aliphatic heterocycles. The topological polar surface area (TPSA) is 161 Å². The quantitative estimate of drug-likeness (QED) is 0.200. The number of fused-ring (bicyclic) bond motifs is 1. The number of aryl methyl sites for hydroxylation is 1. The summed E-state index contributed by atoms with van der Waals surface area (Å²) in [6.45, 7) is 7.49. The van der Waals surface area contributed by atoms with Crippen LogP contribution in [0, 0.1) is 37.2 Å². The summed E-state index contributed by atoms with van der Waals surface area (Å²) >= 11 is 0. The predicted molar refractivity (Wildman–Crippen MR) is 134 cm³/mol. The van der Waals surface area contributed by atoms with Gasteiger partial charge in [0.1, 0.15) is 12.4 Å². The number of nitrogens with zero attached hydrogens (tertiary/aromatic N) is 4. The molecule has 1 unspecified atom stereocenters. The number of terminal acetylenes is 1. The van der Waals surface area contributed by atoms with Crippen molar-refractivity contribution < 1.29 is 37.0 Å². The summed E-state index contributed by atoms with van der Waals surface area (Å²) in [5, 5.41) is 2.85. The molecular weight excluding hydrogens is 517 g/mol. The van der Waals surface area contributed by atoms with Crippen LogP contribution in [-0.4, -0.2) is 56.9 Å². The first-order valence-electron chi connectivity index (χ1n) is 12.0. The first kappa shape index (κ1) is 29.3. The molecule has 1 N–H and O–H groups in total. The lowest BCUT2D eigenvalue weighted by atomic mass is 9.97. The maximum atomic E-state index is 14.5. The number of imidazole rings is 1. The van der Waals surface area contributed by atoms with Gasteiger partial charge < -0.3 is 32.9 Å². The van der Waals surface area contributed by atoms with Gasteiger partial charge in [-0.25, -0.2) is 9.78 Å². The number of nitrogens with one attached hydrogen (secondary N) is 1. The Kier molecular flexibility index (Phi) is 9.08. The molecule has 0 aromatic carbocycles. The molecular formula is C25H30FN5O8. The van der Waals surface area contributed by atoms with Crippen LogP contribution >= 0.6 is 0 Å². The van der Waals surface area contributed by atoms with Gasteiger partial charge in [-0.05, 0) is 6.92 Å². The largest absolute Gasteiger partial charge is 0.519 e. The summed E-state index contributed by atoms with van der Waals surface area (Å²) in [7, 11) is 1.30. The number of rotatable bonds is 12. The van der Waals surface area contributed by atoms with E-state index in [1.54, 1.807) is 27.7 Å². The zero-order chi connectivity index (χ0) is 28.9. The Bertz CT molecular complexity index is 1440. The predicted octanol–water partition coefficient (Wildman–Crippen LogP) is 2.22. The van der Waals surface area contributed by atoms with E-state index in [0.29, 0.717) is 0 Å². The maximum absolute atomic E-state index is 14.5. The number of aromatic nitrogens is 4. The molecule has 3 aromatic heterocycles. The fraction of sp³-hybridized carbons (Fsp3) is 0.520. The Morgan fingerprint density at radius 3 is 2.46 bits per heavy atom. The molecule has 14 heteroatoms. The molecule has 0 aliphatic carbocycles. The smallest absolute Gasteiger partial charge is 0.461 e. The van der Waals surface area contributed by atoms with Crippen LogP contribution in [-0.2, 0) is 36.9 Å². The van der Waals surface area contributed by atoms with Gasteiger partial charge in [0.25, 0.3) is 0 Å². The van der Waals surface area contributed by atoms with Gasteiger partial charge in [-0.3, -0.25) is 9.59 Å². The average molecular weight is 548 g/mol. The summed E-state index contributed by atoms with van der Waals surface area (Å²) in [6.07, 6.45) is 4.88. The minimum absolute atomic E-state index is 0.0102. The van der Waals surface area contributed by atoms with Crippen LogP contribution in [0.25, 0.3) is 11.2 Å². The summed E-state index contributed by atoms with van der Waals surface area (Å²) in [5.74, 6) is -0.0147. The summed E-state index contributed by atoms with van der Waals surface area (Å²) < 4.78 is 42.3. The normalized spacial score (nSPS) is 13.7. The summed E-state index contributed by atoms with van der Waals surface area (Å²) in [4.78, 5) is 48.0. The Morgan fingerprint density at radius 1 is 1.21 bits per heavy atom. The van der Waals surface area contributed by atoms with E-state index in [0.717, 1.165) is 0 Å². The molecule has 0 spiro atoms. The first-order valence-corrected chi connectivity index (χ1v) is 12.0. The van der Waals surface area contributed by atoms with Crippen LogP contribution in [0.4, 0.5) is 10.2 Å². The van der Waals surface area contributed by atoms with Crippen LogP contribution in [0.15, 0.2) is 20.0 Å². The summed E-state index contributed by atoms with van der Waals surface area (Å²) in [5.41, 5.74) is -1.47. The Balaban J connectivity index is 1.97. The maximum Gasteiger partial charge on any atom is 0.519 e. The highest BCUT2D eigenvalue weighted by atomic mass is 19.1. The van der Waals surface area contributed by atoms with Gasteiger partial charge in [-0.2, -0.15) is 14.4 Å². The van der Waals surface area contributed by atoms with Gasteiger partial charge in [0, 0.05) is 7.11 Å². The van der Waals surface area contributed by atoms with Gasteiger partial charge in [0.05, 0.1) is 31.3 Å². The molecule has 210 valence electrons. The van der Waals surface area contributed by atoms with Crippen molar-refractivity contribution in [2.24, 2.45) is 11.8 Å². The lowest BCUT2D eigenvalue weighted by molar-refractivity contribution is -0.178. The number of carbonyl (C=O) groups is 2. The zero-order valence-electron chi connectivity index (χ0n) is 22.4. The lowest BCUT2D eigenvalue weighted by Crippen LogP contribution is -2.52. The second kappa shape index (κ2) is 12.1. The third-order valence-corrected chi connectivity index (χ3v) is 5.81. The standard InChI is InChI=1S/C25H30FN5O8/c1-8-25(35-7,11-36-21(32)13(2)3)17(39-22(33)14(4)5)10-31-12-28-18-19(29-23(26)30-20(18)31)27-9-16-15(6)37-24(34)38-16/h1,12-14,17H,9-11H2,2-7H3,(H,27,29,30)/t17-,25?/m0/s1. The molecule has 2 atom stereocenters. The first-order chi connectivity index (χ1) is 18.4. The van der Waals surface area contributed by atoms with Crippen molar-refractivity contribution in [3.05, 3.63) is 34.5 Å². The van der Waals surface area contributed by atoms with Crippen molar-refractivity contribution in [3.8, 4) is 12.3 Å². The van der Waals surface area contributed by atoms with E-state index in [-0.39, 0.29) is 41.6 Å². The van der Waals surface area contributed by atoms with E-state index < -0.39 is 54.0 Å². The highest BCUT2D eigenvalue weighted by Crippen LogP contribution is 2.26. The molecule has 3 rings (SSSR count). The minimum Gasteiger partial charge on any atom is -0.461 e. The molecule has 3 aromatic rings. The lowest BCUT2D eigenvalue weighted by Gasteiger charge is -2.35. The highest BCUT2D eigenvalue weighted by Gasteiger charge is 2.43. The molecule has 0 amide bonds. The van der Waals surface area contributed by atoms with E-state index in [2.05, 4.69) is 26.2 Å². The van der Waals surface area contributed by atoms with Gasteiger partial charge in [0.15, 0.2) is 28.8 Å². The molecule has 0 fully saturated rings. The van der Waals surface area contributed by atoms with Gasteiger partial charge in [0.2, 0.25) is 5.60 Å². The number of ether oxygens (including phenoxy) is 3. The minimum atomic E-state index is -1.69. The van der Waals surface area contributed by atoms with Gasteiger partial charge in [-0.1, -0.05) is 33.6 Å². The number of halogens is 1. The van der Waals surface area contributed by atoms with Crippen molar-refractivity contribution in [3.63, 3.8) is 0 Å². The Hall–Kier alpha value is -4.25. The number of esters is 2. The number of methoxy groups -OCH3 is 1. The fourth-order valence-corrected chi connectivity index (χ4v) is 3.43. The van der Waals surface area contributed by atoms with Crippen molar-refractivity contribution in [2.75, 3.05) is 19.0 Å². The molecule has 39 heavy (non-hydrogen) atoms. The second-order valence-corrected chi connectivity index (χ2v) is 9.28. The summed E-state index contributed by atoms with van der Waals surface area (Å²) in [6, 6.07) is 0. The van der Waals surface area contributed by atoms with Crippen molar-refractivity contribution in [1.29, 1.82) is 0 Å². The second-order valence-electron chi connectivity index (χ2n) is 9.28. The number of carbonyl (C=O) groups excluding carboxylic acids is 2. The van der Waals surface area contributed by atoms with E-state index in [1.807, 2.05) is 0 Å². The number of hydrogen-bond acceptors (Lipinski definition) is 12. The molecule has 0 radical (unpaired) electrons. The zero-order valence-corrected chi connectivity index (χ0v) is 22.4. The van der Waals surface area contributed by atoms with Crippen molar-refractivity contribution in [1.82, 2.24) is 19.5 Å². The van der Waals surface area contributed by atoms with Crippen LogP contribution in [0.5, 0.6) is 0 Å². The van der Waals surface area contributed by atoms with Gasteiger partial charge in [-0.15, -0.1) is 6.42 Å². The number of hydrogen-bond donors (Lipinski definition) is 1. The van der Waals surface area contributed by atoms with E-state index in [1.165, 1.54) is 24.9 Å². The monoisotopic (exact) mass is 547 g/mol. The molecule has 3 heterocycles. The van der Waals surface area contributed by atoms with Crippen molar-refractivity contribution in [2.45, 2.75) is 59.4 Å². The van der Waals surface area contributed by atoms with Crippen LogP contribution < -0.4 is 11.1 Å². The van der Waals surface area contributed by atoms with Crippen LogP contribution in [0.2, 0.25) is 0 Å². The molecule has 0 saturated heterocycles. The SMILES string of the molecule is C#CC(COC(=O)C(C)C)(OC)[C@H](Cn1cnc2c(NCc3oc(=O)oc3C)nc(F)nc21)OC(=O)C(C)C.